The normalized spacial score (nSPS) is 21.0. The first kappa shape index (κ1) is 18.5. The molecule has 1 atom stereocenters. The highest BCUT2D eigenvalue weighted by Crippen LogP contribution is 2.44. The van der Waals surface area contributed by atoms with E-state index < -0.39 is 11.6 Å². The van der Waals surface area contributed by atoms with Crippen LogP contribution < -0.4 is 10.5 Å². The fourth-order valence-corrected chi connectivity index (χ4v) is 3.38. The van der Waals surface area contributed by atoms with Crippen LogP contribution >= 0.6 is 11.6 Å². The van der Waals surface area contributed by atoms with Crippen LogP contribution in [0.25, 0.3) is 0 Å². The largest absolute Gasteiger partial charge is 0.465 e. The maximum absolute atomic E-state index is 11.7. The van der Waals surface area contributed by atoms with E-state index in [0.717, 1.165) is 12.6 Å². The van der Waals surface area contributed by atoms with Gasteiger partial charge in [-0.1, -0.05) is 20.8 Å². The van der Waals surface area contributed by atoms with E-state index >= 15 is 0 Å². The van der Waals surface area contributed by atoms with Crippen molar-refractivity contribution in [2.75, 3.05) is 23.6 Å². The highest BCUT2D eigenvalue weighted by molar-refractivity contribution is 6.28. The molecule has 0 saturated carbocycles. The molecule has 0 spiro atoms. The zero-order chi connectivity index (χ0) is 18.1. The summed E-state index contributed by atoms with van der Waals surface area (Å²) in [4.78, 5) is 20.8. The zero-order valence-electron chi connectivity index (χ0n) is 13.8. The van der Waals surface area contributed by atoms with Gasteiger partial charge in [0.1, 0.15) is 0 Å². The van der Waals surface area contributed by atoms with E-state index in [-0.39, 0.29) is 34.0 Å². The minimum Gasteiger partial charge on any atom is -0.465 e. The molecule has 134 valence electrons. The Morgan fingerprint density at radius 2 is 2.17 bits per heavy atom. The molecule has 1 aliphatic rings. The molecule has 0 aliphatic carbocycles. The number of amides is 1. The van der Waals surface area contributed by atoms with Crippen molar-refractivity contribution in [2.24, 2.45) is 5.41 Å². The lowest BCUT2D eigenvalue weighted by atomic mass is 9.71. The lowest BCUT2D eigenvalue weighted by Crippen LogP contribution is -2.59. The molecule has 2 rings (SSSR count). The number of nitrogens with zero attached hydrogens (tertiary/aromatic N) is 4. The van der Waals surface area contributed by atoms with Crippen LogP contribution in [0.3, 0.4) is 0 Å². The number of hydrogen-bond donors (Lipinski definition) is 4. The average Bonchev–Trinajstić information content (AvgIpc) is 2.89. The summed E-state index contributed by atoms with van der Waals surface area (Å²) < 4.78 is 0. The van der Waals surface area contributed by atoms with Gasteiger partial charge in [0.05, 0.1) is 11.7 Å². The summed E-state index contributed by atoms with van der Waals surface area (Å²) >= 11 is 5.77. The number of carboxylic acid groups (broad SMARTS) is 1. The molecule has 24 heavy (non-hydrogen) atoms. The van der Waals surface area contributed by atoms with Gasteiger partial charge < -0.3 is 15.3 Å². The van der Waals surface area contributed by atoms with Gasteiger partial charge in [0.15, 0.2) is 11.5 Å². The van der Waals surface area contributed by atoms with Crippen molar-refractivity contribution < 1.29 is 20.3 Å². The molecule has 1 fully saturated rings. The Morgan fingerprint density at radius 3 is 2.71 bits per heavy atom. The van der Waals surface area contributed by atoms with Crippen molar-refractivity contribution in [3.63, 3.8) is 0 Å². The van der Waals surface area contributed by atoms with Crippen molar-refractivity contribution in [3.8, 4) is 0 Å². The van der Waals surface area contributed by atoms with E-state index in [4.69, 9.17) is 11.6 Å². The molecule has 1 aromatic rings. The first-order valence-corrected chi connectivity index (χ1v) is 7.91. The predicted octanol–water partition coefficient (Wildman–Crippen LogP) is 2.69. The molecule has 9 nitrogen and oxygen atoms in total. The zero-order valence-corrected chi connectivity index (χ0v) is 14.6. The van der Waals surface area contributed by atoms with E-state index in [1.54, 1.807) is 0 Å². The second-order valence-electron chi connectivity index (χ2n) is 6.84. The summed E-state index contributed by atoms with van der Waals surface area (Å²) in [7, 11) is 0. The summed E-state index contributed by atoms with van der Waals surface area (Å²) in [6, 6.07) is 0. The number of hydrogen-bond acceptors (Lipinski definition) is 7. The van der Waals surface area contributed by atoms with Gasteiger partial charge in [-0.05, 0) is 29.9 Å². The Balaban J connectivity index is 2.34. The Labute approximate surface area is 144 Å². The Bertz CT molecular complexity index is 622. The van der Waals surface area contributed by atoms with E-state index in [1.807, 2.05) is 20.8 Å². The second kappa shape index (κ2) is 6.58. The van der Waals surface area contributed by atoms with Crippen LogP contribution in [0.15, 0.2) is 6.20 Å². The van der Waals surface area contributed by atoms with Crippen LogP contribution in [-0.2, 0) is 0 Å². The summed E-state index contributed by atoms with van der Waals surface area (Å²) in [6.07, 6.45) is 1.63. The molecule has 2 heterocycles. The molecule has 0 bridgehead atoms. The smallest absolute Gasteiger partial charge is 0.407 e. The lowest BCUT2D eigenvalue weighted by Gasteiger charge is -2.47. The number of carbonyl (C=O) groups is 1. The Kier molecular flexibility index (Phi) is 5.07. The van der Waals surface area contributed by atoms with E-state index in [1.165, 1.54) is 4.90 Å². The van der Waals surface area contributed by atoms with Crippen molar-refractivity contribution in [2.45, 2.75) is 39.2 Å². The van der Waals surface area contributed by atoms with Crippen LogP contribution in [-0.4, -0.2) is 55.1 Å². The molecule has 10 heteroatoms. The Hall–Kier alpha value is -1.84. The number of aromatic nitrogens is 2. The molecule has 0 unspecified atom stereocenters. The highest BCUT2D eigenvalue weighted by Gasteiger charge is 2.51. The van der Waals surface area contributed by atoms with Crippen LogP contribution in [0.5, 0.6) is 0 Å². The molecule has 4 N–H and O–H groups in total. The SMILES string of the molecule is CC(C)(C)[C@]1(CNc2nc(Cl)ncc2N(O)O)CCCN1C(=O)O. The van der Waals surface area contributed by atoms with Crippen LogP contribution in [0, 0.1) is 5.41 Å². The van der Waals surface area contributed by atoms with Crippen LogP contribution in [0.4, 0.5) is 16.3 Å². The molecule has 1 amide bonds. The van der Waals surface area contributed by atoms with Gasteiger partial charge in [0.25, 0.3) is 0 Å². The molecule has 1 aromatic heterocycles. The van der Waals surface area contributed by atoms with E-state index in [2.05, 4.69) is 15.3 Å². The van der Waals surface area contributed by atoms with Gasteiger partial charge >= 0.3 is 6.09 Å². The third-order valence-electron chi connectivity index (χ3n) is 4.62. The third-order valence-corrected chi connectivity index (χ3v) is 4.80. The first-order chi connectivity index (χ1) is 11.1. The monoisotopic (exact) mass is 359 g/mol. The molecule has 0 radical (unpaired) electrons. The number of likely N-dealkylation sites (tertiary alicyclic amines) is 1. The van der Waals surface area contributed by atoms with Crippen molar-refractivity contribution in [3.05, 3.63) is 11.5 Å². The average molecular weight is 360 g/mol. The number of rotatable bonds is 4. The van der Waals surface area contributed by atoms with E-state index in [9.17, 15) is 20.3 Å². The molecule has 1 aliphatic heterocycles. The summed E-state index contributed by atoms with van der Waals surface area (Å²) in [5.41, 5.74) is -1.09. The lowest BCUT2D eigenvalue weighted by molar-refractivity contribution is 0.0286. The molecular weight excluding hydrogens is 338 g/mol. The van der Waals surface area contributed by atoms with Crippen LogP contribution in [0.1, 0.15) is 33.6 Å². The fraction of sp³-hybridized carbons (Fsp3) is 0.643. The molecule has 0 aromatic carbocycles. The Morgan fingerprint density at radius 1 is 1.50 bits per heavy atom. The highest BCUT2D eigenvalue weighted by atomic mass is 35.5. The quantitative estimate of drug-likeness (QED) is 0.478. The number of halogens is 1. The topological polar surface area (TPSA) is 122 Å². The van der Waals surface area contributed by atoms with Gasteiger partial charge in [0, 0.05) is 13.1 Å². The van der Waals surface area contributed by atoms with Crippen LogP contribution in [0.2, 0.25) is 5.28 Å². The maximum Gasteiger partial charge on any atom is 0.407 e. The summed E-state index contributed by atoms with van der Waals surface area (Å²) in [5, 5.41) is 30.9. The van der Waals surface area contributed by atoms with E-state index in [0.29, 0.717) is 13.0 Å². The van der Waals surface area contributed by atoms with Gasteiger partial charge in [-0.25, -0.2) is 9.78 Å². The minimum absolute atomic E-state index is 0.0607. The summed E-state index contributed by atoms with van der Waals surface area (Å²) in [6.45, 7) is 6.64. The standard InChI is InChI=1S/C14H22ClN5O4/c1-13(2,3)14(5-4-6-19(14)12(21)22)8-17-10-9(20(23)24)7-16-11(15)18-10/h7,23-24H,4-6,8H2,1-3H3,(H,21,22)(H,16,17,18)/t14-/m1/s1. The maximum atomic E-state index is 11.7. The predicted molar refractivity (Wildman–Crippen MR) is 87.7 cm³/mol. The van der Waals surface area contributed by atoms with Crippen molar-refractivity contribution in [1.29, 1.82) is 0 Å². The minimum atomic E-state index is -0.976. The van der Waals surface area contributed by atoms with Crippen molar-refractivity contribution in [1.82, 2.24) is 14.9 Å². The summed E-state index contributed by atoms with van der Waals surface area (Å²) in [5.74, 6) is 0.112. The van der Waals surface area contributed by atoms with Gasteiger partial charge in [-0.2, -0.15) is 4.98 Å². The molecule has 1 saturated heterocycles. The van der Waals surface area contributed by atoms with Gasteiger partial charge in [-0.15, -0.1) is 5.23 Å². The first-order valence-electron chi connectivity index (χ1n) is 7.53. The fourth-order valence-electron chi connectivity index (χ4n) is 3.25. The molecular formula is C14H22ClN5O4. The number of anilines is 2. The second-order valence-corrected chi connectivity index (χ2v) is 7.17. The number of nitrogens with one attached hydrogen (secondary N) is 1. The van der Waals surface area contributed by atoms with Gasteiger partial charge in [-0.3, -0.25) is 10.4 Å². The third kappa shape index (κ3) is 3.33. The van der Waals surface area contributed by atoms with Gasteiger partial charge in [0.2, 0.25) is 5.28 Å². The van der Waals surface area contributed by atoms with Crippen molar-refractivity contribution >= 4 is 29.2 Å².